The lowest BCUT2D eigenvalue weighted by Gasteiger charge is -2.08. The molecular weight excluding hydrogens is 278 g/mol. The first-order valence-corrected chi connectivity index (χ1v) is 5.55. The minimum absolute atomic E-state index is 0.105. The van der Waals surface area contributed by atoms with E-state index >= 15 is 0 Å². The fourth-order valence-electron chi connectivity index (χ4n) is 1.51. The number of H-pyrrole nitrogens is 1. The number of nitrogens with zero attached hydrogens (tertiary/aromatic N) is 3. The van der Waals surface area contributed by atoms with Crippen LogP contribution >= 0.6 is 24.4 Å². The fraction of sp³-hybridized carbons (Fsp3) is 0.100. The van der Waals surface area contributed by atoms with E-state index in [0.29, 0.717) is 0 Å². The molecule has 0 saturated carbocycles. The number of nitriles is 1. The van der Waals surface area contributed by atoms with E-state index in [4.69, 9.17) is 29.7 Å². The maximum absolute atomic E-state index is 13.8. The number of nitrogens with one attached hydrogen (secondary N) is 1. The Morgan fingerprint density at radius 3 is 2.39 bits per heavy atom. The summed E-state index contributed by atoms with van der Waals surface area (Å²) in [4.78, 5) is 2.65. The van der Waals surface area contributed by atoms with E-state index in [1.54, 1.807) is 13.1 Å². The van der Waals surface area contributed by atoms with Crippen LogP contribution in [-0.4, -0.2) is 14.3 Å². The van der Waals surface area contributed by atoms with Crippen molar-refractivity contribution in [2.75, 3.05) is 0 Å². The third-order valence-electron chi connectivity index (χ3n) is 2.39. The van der Waals surface area contributed by atoms with Crippen molar-refractivity contribution < 1.29 is 8.78 Å². The molecule has 92 valence electrons. The number of hydrogen-bond donors (Lipinski definition) is 1. The van der Waals surface area contributed by atoms with Gasteiger partial charge >= 0.3 is 0 Å². The molecule has 0 amide bonds. The predicted octanol–water partition coefficient (Wildman–Crippen LogP) is 2.75. The van der Waals surface area contributed by atoms with E-state index < -0.39 is 11.6 Å². The molecule has 1 aromatic carbocycles. The van der Waals surface area contributed by atoms with Crippen molar-refractivity contribution >= 4 is 24.4 Å². The highest BCUT2D eigenvalue weighted by Crippen LogP contribution is 2.18. The van der Waals surface area contributed by atoms with Crippen molar-refractivity contribution in [2.45, 2.75) is 0 Å². The molecule has 8 heteroatoms. The zero-order valence-electron chi connectivity index (χ0n) is 9.07. The van der Waals surface area contributed by atoms with Crippen molar-refractivity contribution in [1.29, 1.82) is 5.26 Å². The second kappa shape index (κ2) is 4.44. The Kier molecular flexibility index (Phi) is 3.11. The molecule has 0 aliphatic rings. The van der Waals surface area contributed by atoms with Crippen LogP contribution in [0.3, 0.4) is 0 Å². The molecule has 0 spiro atoms. The first-order valence-electron chi connectivity index (χ1n) is 4.73. The molecule has 2 rings (SSSR count). The van der Waals surface area contributed by atoms with Gasteiger partial charge in [0.15, 0.2) is 9.54 Å². The van der Waals surface area contributed by atoms with Gasteiger partial charge in [-0.2, -0.15) is 5.26 Å². The molecular formula is C10H6F2N4S2. The molecule has 0 aliphatic heterocycles. The third kappa shape index (κ3) is 1.87. The van der Waals surface area contributed by atoms with Crippen LogP contribution in [0.1, 0.15) is 5.56 Å². The topological polar surface area (TPSA) is 49.4 Å². The molecule has 1 N–H and O–H groups in total. The predicted molar refractivity (Wildman–Crippen MR) is 65.4 cm³/mol. The third-order valence-corrected chi connectivity index (χ3v) is 3.03. The van der Waals surface area contributed by atoms with Gasteiger partial charge in [0.1, 0.15) is 23.4 Å². The summed E-state index contributed by atoms with van der Waals surface area (Å²) < 4.78 is 30.4. The second-order valence-corrected chi connectivity index (χ2v) is 4.24. The molecule has 0 aliphatic carbocycles. The molecule has 0 radical (unpaired) electrons. The maximum Gasteiger partial charge on any atom is 0.199 e. The Morgan fingerprint density at radius 2 is 1.89 bits per heavy atom. The van der Waals surface area contributed by atoms with Crippen LogP contribution in [0.2, 0.25) is 0 Å². The monoisotopic (exact) mass is 284 g/mol. The van der Waals surface area contributed by atoms with Crippen LogP contribution < -0.4 is 0 Å². The summed E-state index contributed by atoms with van der Waals surface area (Å²) in [6.45, 7) is 0. The smallest absolute Gasteiger partial charge is 0.199 e. The molecule has 0 bridgehead atoms. The lowest BCUT2D eigenvalue weighted by atomic mass is 10.2. The van der Waals surface area contributed by atoms with E-state index in [2.05, 4.69) is 4.98 Å². The van der Waals surface area contributed by atoms with E-state index in [1.807, 2.05) is 0 Å². The second-order valence-electron chi connectivity index (χ2n) is 3.47. The fourth-order valence-corrected chi connectivity index (χ4v) is 2.07. The molecule has 0 unspecified atom stereocenters. The van der Waals surface area contributed by atoms with Gasteiger partial charge in [-0.1, -0.05) is 0 Å². The van der Waals surface area contributed by atoms with Crippen molar-refractivity contribution in [1.82, 2.24) is 14.3 Å². The lowest BCUT2D eigenvalue weighted by Crippen LogP contribution is -2.09. The molecule has 0 fully saturated rings. The normalized spacial score (nSPS) is 10.3. The summed E-state index contributed by atoms with van der Waals surface area (Å²) in [5, 5.41) is 8.61. The number of aromatic nitrogens is 3. The quantitative estimate of drug-likeness (QED) is 0.819. The van der Waals surface area contributed by atoms with Crippen molar-refractivity contribution in [3.05, 3.63) is 38.9 Å². The molecule has 0 atom stereocenters. The van der Waals surface area contributed by atoms with Gasteiger partial charge in [0.05, 0.1) is 5.56 Å². The minimum Gasteiger partial charge on any atom is -0.306 e. The van der Waals surface area contributed by atoms with Gasteiger partial charge in [-0.15, -0.1) is 0 Å². The summed E-state index contributed by atoms with van der Waals surface area (Å²) in [6.07, 6.45) is 0. The van der Waals surface area contributed by atoms with E-state index in [0.717, 1.165) is 12.1 Å². The average Bonchev–Trinajstić information content (AvgIpc) is 2.56. The summed E-state index contributed by atoms with van der Waals surface area (Å²) in [5.74, 6) is -1.57. The van der Waals surface area contributed by atoms with Crippen molar-refractivity contribution in [2.24, 2.45) is 7.05 Å². The van der Waals surface area contributed by atoms with Crippen LogP contribution in [0.4, 0.5) is 8.78 Å². The van der Waals surface area contributed by atoms with Gasteiger partial charge < -0.3 is 4.98 Å². The van der Waals surface area contributed by atoms with Crippen LogP contribution in [0.15, 0.2) is 12.1 Å². The van der Waals surface area contributed by atoms with Crippen LogP contribution in [0, 0.1) is 32.5 Å². The van der Waals surface area contributed by atoms with E-state index in [9.17, 15) is 8.78 Å². The number of halogens is 2. The summed E-state index contributed by atoms with van der Waals surface area (Å²) in [6, 6.07) is 3.29. The largest absolute Gasteiger partial charge is 0.306 e. The number of hydrogen-bond acceptors (Lipinski definition) is 3. The Hall–Kier alpha value is -1.85. The van der Waals surface area contributed by atoms with E-state index in [1.165, 1.54) is 9.36 Å². The van der Waals surface area contributed by atoms with E-state index in [-0.39, 0.29) is 20.8 Å². The first-order chi connectivity index (χ1) is 8.45. The van der Waals surface area contributed by atoms with Crippen molar-refractivity contribution in [3.8, 4) is 11.8 Å². The SMILES string of the molecule is Cn1c(=S)[nH]c(=S)n1-c1cc(F)c(C#N)cc1F. The van der Waals surface area contributed by atoms with Gasteiger partial charge in [-0.3, -0.25) is 4.68 Å². The lowest BCUT2D eigenvalue weighted by molar-refractivity contribution is 0.560. The average molecular weight is 284 g/mol. The first kappa shape index (κ1) is 12.6. The highest BCUT2D eigenvalue weighted by atomic mass is 32.1. The number of aromatic amines is 1. The number of benzene rings is 1. The van der Waals surface area contributed by atoms with Gasteiger partial charge in [0.2, 0.25) is 0 Å². The molecule has 1 heterocycles. The molecule has 18 heavy (non-hydrogen) atoms. The molecule has 0 saturated heterocycles. The Labute approximate surface area is 111 Å². The van der Waals surface area contributed by atoms with Crippen molar-refractivity contribution in [3.63, 3.8) is 0 Å². The summed E-state index contributed by atoms with van der Waals surface area (Å²) >= 11 is 9.91. The standard InChI is InChI=1S/C10H6F2N4S2/c1-15-9(17)14-10(18)16(15)8-3-6(11)5(4-13)2-7(8)12/h2-3H,1H3,(H,14,17,18). The highest BCUT2D eigenvalue weighted by molar-refractivity contribution is 7.72. The summed E-state index contributed by atoms with van der Waals surface area (Å²) in [5.41, 5.74) is -0.467. The number of rotatable bonds is 1. The zero-order chi connectivity index (χ0) is 13.4. The Balaban J connectivity index is 2.81. The summed E-state index contributed by atoms with van der Waals surface area (Å²) in [7, 11) is 1.56. The maximum atomic E-state index is 13.8. The Morgan fingerprint density at radius 1 is 1.22 bits per heavy atom. The Bertz CT molecular complexity index is 779. The molecule has 1 aromatic heterocycles. The van der Waals surface area contributed by atoms with Crippen LogP contribution in [0.25, 0.3) is 5.69 Å². The molecule has 4 nitrogen and oxygen atoms in total. The highest BCUT2D eigenvalue weighted by Gasteiger charge is 2.14. The van der Waals surface area contributed by atoms with Gasteiger partial charge in [0, 0.05) is 13.1 Å². The van der Waals surface area contributed by atoms with Gasteiger partial charge in [-0.25, -0.2) is 13.5 Å². The van der Waals surface area contributed by atoms with Gasteiger partial charge in [-0.05, 0) is 30.5 Å². The van der Waals surface area contributed by atoms with Crippen LogP contribution in [-0.2, 0) is 7.05 Å². The minimum atomic E-state index is -0.817. The zero-order valence-corrected chi connectivity index (χ0v) is 10.7. The van der Waals surface area contributed by atoms with Gasteiger partial charge in [0.25, 0.3) is 0 Å². The van der Waals surface area contributed by atoms with Crippen LogP contribution in [0.5, 0.6) is 0 Å². The molecule has 2 aromatic rings.